The van der Waals surface area contributed by atoms with Crippen LogP contribution in [0.5, 0.6) is 0 Å². The Morgan fingerprint density at radius 2 is 1.82 bits per heavy atom. The van der Waals surface area contributed by atoms with Gasteiger partial charge in [-0.2, -0.15) is 5.10 Å². The standard InChI is InChI=1S/C16H17N3O2S/c1-11(2)12-6-8-14(9-7-12)22(20,21)19-15-5-3-4-13-10-17-18-16(13)15/h3-11,19H,1-2H3,(H,17,18). The Morgan fingerprint density at radius 1 is 1.09 bits per heavy atom. The lowest BCUT2D eigenvalue weighted by molar-refractivity contribution is 0.601. The van der Waals surface area contributed by atoms with E-state index in [0.29, 0.717) is 17.1 Å². The number of nitrogens with zero attached hydrogens (tertiary/aromatic N) is 1. The first-order valence-corrected chi connectivity index (χ1v) is 8.50. The van der Waals surface area contributed by atoms with Gasteiger partial charge in [0.1, 0.15) is 0 Å². The molecule has 0 unspecified atom stereocenters. The normalized spacial score (nSPS) is 12.0. The van der Waals surface area contributed by atoms with Gasteiger partial charge in [-0.3, -0.25) is 9.82 Å². The minimum atomic E-state index is -3.62. The number of para-hydroxylation sites is 1. The second kappa shape index (κ2) is 5.46. The maximum absolute atomic E-state index is 12.5. The Kier molecular flexibility index (Phi) is 3.62. The van der Waals surface area contributed by atoms with E-state index in [0.717, 1.165) is 10.9 Å². The van der Waals surface area contributed by atoms with Gasteiger partial charge in [0.05, 0.1) is 22.3 Å². The monoisotopic (exact) mass is 315 g/mol. The Labute approximate surface area is 129 Å². The van der Waals surface area contributed by atoms with Crippen molar-refractivity contribution in [1.82, 2.24) is 10.2 Å². The van der Waals surface area contributed by atoms with Gasteiger partial charge in [-0.1, -0.05) is 38.1 Å². The van der Waals surface area contributed by atoms with Crippen molar-refractivity contribution in [3.05, 3.63) is 54.2 Å². The van der Waals surface area contributed by atoms with Crippen molar-refractivity contribution in [2.75, 3.05) is 4.72 Å². The van der Waals surface area contributed by atoms with E-state index >= 15 is 0 Å². The van der Waals surface area contributed by atoms with Crippen molar-refractivity contribution in [2.24, 2.45) is 0 Å². The minimum Gasteiger partial charge on any atom is -0.277 e. The molecule has 22 heavy (non-hydrogen) atoms. The first kappa shape index (κ1) is 14.6. The second-order valence-corrected chi connectivity index (χ2v) is 7.15. The molecule has 0 aliphatic heterocycles. The average molecular weight is 315 g/mol. The van der Waals surface area contributed by atoms with Crippen molar-refractivity contribution in [2.45, 2.75) is 24.7 Å². The van der Waals surface area contributed by atoms with Crippen LogP contribution in [0.25, 0.3) is 10.9 Å². The number of benzene rings is 2. The highest BCUT2D eigenvalue weighted by Gasteiger charge is 2.16. The summed E-state index contributed by atoms with van der Waals surface area (Å²) in [5.74, 6) is 0.364. The molecule has 0 atom stereocenters. The topological polar surface area (TPSA) is 74.8 Å². The fraction of sp³-hybridized carbons (Fsp3) is 0.188. The van der Waals surface area contributed by atoms with Crippen molar-refractivity contribution in [3.63, 3.8) is 0 Å². The highest BCUT2D eigenvalue weighted by molar-refractivity contribution is 7.92. The Hall–Kier alpha value is -2.34. The third-order valence-electron chi connectivity index (χ3n) is 3.58. The largest absolute Gasteiger partial charge is 0.277 e. The lowest BCUT2D eigenvalue weighted by Crippen LogP contribution is -2.13. The van der Waals surface area contributed by atoms with Gasteiger partial charge < -0.3 is 0 Å². The van der Waals surface area contributed by atoms with Gasteiger partial charge in [-0.05, 0) is 29.7 Å². The zero-order valence-electron chi connectivity index (χ0n) is 12.4. The van der Waals surface area contributed by atoms with Gasteiger partial charge in [0.2, 0.25) is 0 Å². The zero-order valence-corrected chi connectivity index (χ0v) is 13.2. The molecule has 6 heteroatoms. The van der Waals surface area contributed by atoms with E-state index < -0.39 is 10.0 Å². The summed E-state index contributed by atoms with van der Waals surface area (Å²) < 4.78 is 27.6. The van der Waals surface area contributed by atoms with Crippen molar-refractivity contribution in [3.8, 4) is 0 Å². The first-order chi connectivity index (χ1) is 10.5. The number of rotatable bonds is 4. The molecule has 5 nitrogen and oxygen atoms in total. The highest BCUT2D eigenvalue weighted by atomic mass is 32.2. The van der Waals surface area contributed by atoms with Crippen LogP contribution in [-0.2, 0) is 10.0 Å². The zero-order chi connectivity index (χ0) is 15.7. The summed E-state index contributed by atoms with van der Waals surface area (Å²) >= 11 is 0. The van der Waals surface area contributed by atoms with E-state index in [-0.39, 0.29) is 4.90 Å². The van der Waals surface area contributed by atoms with Crippen LogP contribution in [0.3, 0.4) is 0 Å². The van der Waals surface area contributed by atoms with Crippen LogP contribution in [0.4, 0.5) is 5.69 Å². The molecule has 3 rings (SSSR count). The number of hydrogen-bond donors (Lipinski definition) is 2. The van der Waals surface area contributed by atoms with Gasteiger partial charge in [0.15, 0.2) is 0 Å². The summed E-state index contributed by atoms with van der Waals surface area (Å²) in [6, 6.07) is 12.3. The van der Waals surface area contributed by atoms with Gasteiger partial charge >= 0.3 is 0 Å². The molecule has 0 spiro atoms. The van der Waals surface area contributed by atoms with Crippen LogP contribution in [0.1, 0.15) is 25.3 Å². The van der Waals surface area contributed by atoms with Crippen LogP contribution in [0.15, 0.2) is 53.6 Å². The molecule has 0 aliphatic carbocycles. The van der Waals surface area contributed by atoms with E-state index in [4.69, 9.17) is 0 Å². The predicted molar refractivity (Wildman–Crippen MR) is 87.4 cm³/mol. The summed E-state index contributed by atoms with van der Waals surface area (Å²) in [5.41, 5.74) is 2.27. The molecule has 114 valence electrons. The number of sulfonamides is 1. The molecule has 1 heterocycles. The van der Waals surface area contributed by atoms with Crippen LogP contribution < -0.4 is 4.72 Å². The summed E-state index contributed by atoms with van der Waals surface area (Å²) in [4.78, 5) is 0.244. The molecule has 0 aliphatic rings. The summed E-state index contributed by atoms with van der Waals surface area (Å²) in [6.45, 7) is 4.14. The van der Waals surface area contributed by atoms with Crippen molar-refractivity contribution < 1.29 is 8.42 Å². The van der Waals surface area contributed by atoms with E-state index in [2.05, 4.69) is 28.8 Å². The lowest BCUT2D eigenvalue weighted by Gasteiger charge is -2.10. The fourth-order valence-electron chi connectivity index (χ4n) is 2.29. The molecule has 0 amide bonds. The fourth-order valence-corrected chi connectivity index (χ4v) is 3.36. The molecule has 3 aromatic rings. The van der Waals surface area contributed by atoms with E-state index in [1.165, 1.54) is 0 Å². The summed E-state index contributed by atoms with van der Waals surface area (Å²) in [6.07, 6.45) is 1.66. The SMILES string of the molecule is CC(C)c1ccc(S(=O)(=O)Nc2cccc3cn[nH]c23)cc1. The number of aromatic amines is 1. The molecule has 0 saturated carbocycles. The lowest BCUT2D eigenvalue weighted by atomic mass is 10.0. The second-order valence-electron chi connectivity index (χ2n) is 5.47. The number of aromatic nitrogens is 2. The molecule has 1 aromatic heterocycles. The van der Waals surface area contributed by atoms with Gasteiger partial charge in [-0.25, -0.2) is 8.42 Å². The van der Waals surface area contributed by atoms with E-state index in [9.17, 15) is 8.42 Å². The third-order valence-corrected chi connectivity index (χ3v) is 4.96. The number of hydrogen-bond acceptors (Lipinski definition) is 3. The van der Waals surface area contributed by atoms with Gasteiger partial charge in [0.25, 0.3) is 10.0 Å². The highest BCUT2D eigenvalue weighted by Crippen LogP contribution is 2.24. The van der Waals surface area contributed by atoms with Crippen LogP contribution in [0, 0.1) is 0 Å². The minimum absolute atomic E-state index is 0.244. The summed E-state index contributed by atoms with van der Waals surface area (Å²) in [7, 11) is -3.62. The predicted octanol–water partition coefficient (Wildman–Crippen LogP) is 3.49. The molecule has 2 aromatic carbocycles. The molecular weight excluding hydrogens is 298 g/mol. The van der Waals surface area contributed by atoms with Gasteiger partial charge in [0, 0.05) is 5.39 Å². The molecule has 0 radical (unpaired) electrons. The van der Waals surface area contributed by atoms with Crippen molar-refractivity contribution in [1.29, 1.82) is 0 Å². The van der Waals surface area contributed by atoms with Crippen LogP contribution in [0.2, 0.25) is 0 Å². The number of anilines is 1. The quantitative estimate of drug-likeness (QED) is 0.774. The van der Waals surface area contributed by atoms with E-state index in [1.54, 1.807) is 30.5 Å². The van der Waals surface area contributed by atoms with Crippen molar-refractivity contribution >= 4 is 26.6 Å². The molecule has 0 fully saturated rings. The number of H-pyrrole nitrogens is 1. The number of nitrogens with one attached hydrogen (secondary N) is 2. The maximum atomic E-state index is 12.5. The third kappa shape index (κ3) is 2.69. The van der Waals surface area contributed by atoms with Gasteiger partial charge in [-0.15, -0.1) is 0 Å². The molecule has 0 saturated heterocycles. The Bertz CT molecular complexity index is 897. The van der Waals surface area contributed by atoms with Crippen LogP contribution in [-0.4, -0.2) is 18.6 Å². The molecular formula is C16H17N3O2S. The van der Waals surface area contributed by atoms with Crippen LogP contribution >= 0.6 is 0 Å². The van der Waals surface area contributed by atoms with E-state index in [1.807, 2.05) is 18.2 Å². The molecule has 2 N–H and O–H groups in total. The average Bonchev–Trinajstić information content (AvgIpc) is 2.96. The Morgan fingerprint density at radius 3 is 2.50 bits per heavy atom. The maximum Gasteiger partial charge on any atom is 0.261 e. The summed E-state index contributed by atoms with van der Waals surface area (Å²) in [5, 5.41) is 7.60. The Balaban J connectivity index is 1.95. The molecule has 0 bridgehead atoms. The number of fused-ring (bicyclic) bond motifs is 1. The first-order valence-electron chi connectivity index (χ1n) is 7.02. The smallest absolute Gasteiger partial charge is 0.261 e.